The van der Waals surface area contributed by atoms with Crippen LogP contribution < -0.4 is 16.0 Å². The summed E-state index contributed by atoms with van der Waals surface area (Å²) in [5.41, 5.74) is -1.89. The first-order valence-corrected chi connectivity index (χ1v) is 5.58. The number of hydrogen-bond donors (Lipinski definition) is 2. The highest BCUT2D eigenvalue weighted by molar-refractivity contribution is 5.48. The molecule has 0 fully saturated rings. The van der Waals surface area contributed by atoms with E-state index in [2.05, 4.69) is 4.98 Å². The maximum atomic E-state index is 12.6. The minimum absolute atomic E-state index is 0.0361. The Bertz CT molecular complexity index is 805. The van der Waals surface area contributed by atoms with Crippen molar-refractivity contribution in [3.8, 4) is 11.6 Å². The lowest BCUT2D eigenvalue weighted by molar-refractivity contribution is -0.137. The van der Waals surface area contributed by atoms with Gasteiger partial charge in [-0.2, -0.15) is 13.2 Å². The Labute approximate surface area is 109 Å². The third kappa shape index (κ3) is 1.98. The molecule has 1 aliphatic heterocycles. The Morgan fingerprint density at radius 2 is 1.90 bits per heavy atom. The van der Waals surface area contributed by atoms with Crippen LogP contribution in [0.15, 0.2) is 27.8 Å². The minimum Gasteiger partial charge on any atom is -0.440 e. The van der Waals surface area contributed by atoms with Gasteiger partial charge in [0.1, 0.15) is 5.75 Å². The van der Waals surface area contributed by atoms with E-state index in [9.17, 15) is 22.8 Å². The maximum Gasteiger partial charge on any atom is 0.416 e. The van der Waals surface area contributed by atoms with E-state index in [1.807, 2.05) is 4.98 Å². The van der Waals surface area contributed by atoms with E-state index < -0.39 is 23.0 Å². The van der Waals surface area contributed by atoms with Crippen molar-refractivity contribution >= 4 is 0 Å². The van der Waals surface area contributed by atoms with E-state index in [0.717, 1.165) is 12.1 Å². The van der Waals surface area contributed by atoms with Gasteiger partial charge in [0.25, 0.3) is 5.56 Å². The zero-order valence-electron chi connectivity index (χ0n) is 9.80. The van der Waals surface area contributed by atoms with E-state index in [-0.39, 0.29) is 29.2 Å². The molecule has 8 heteroatoms. The van der Waals surface area contributed by atoms with Crippen LogP contribution in [0.25, 0.3) is 0 Å². The Hall–Kier alpha value is -2.51. The molecule has 1 aromatic carbocycles. The summed E-state index contributed by atoms with van der Waals surface area (Å²) in [6.07, 6.45) is -4.51. The van der Waals surface area contributed by atoms with Crippen LogP contribution in [0.3, 0.4) is 0 Å². The monoisotopic (exact) mass is 284 g/mol. The molecule has 1 aromatic heterocycles. The first kappa shape index (κ1) is 12.5. The van der Waals surface area contributed by atoms with Crippen LogP contribution in [0.1, 0.15) is 16.7 Å². The van der Waals surface area contributed by atoms with Crippen molar-refractivity contribution in [1.29, 1.82) is 0 Å². The molecule has 2 aromatic rings. The fourth-order valence-corrected chi connectivity index (χ4v) is 2.03. The average Bonchev–Trinajstić information content (AvgIpc) is 2.35. The van der Waals surface area contributed by atoms with Gasteiger partial charge in [-0.3, -0.25) is 14.8 Å². The number of nitrogens with one attached hydrogen (secondary N) is 2. The fraction of sp³-hybridized carbons (Fsp3) is 0.167. The number of aromatic nitrogens is 2. The number of benzene rings is 1. The van der Waals surface area contributed by atoms with E-state index in [1.54, 1.807) is 0 Å². The second kappa shape index (κ2) is 3.99. The lowest BCUT2D eigenvalue weighted by Gasteiger charge is -2.19. The molecule has 0 saturated carbocycles. The molecule has 0 bridgehead atoms. The molecule has 0 saturated heterocycles. The van der Waals surface area contributed by atoms with Crippen molar-refractivity contribution < 1.29 is 17.9 Å². The molecule has 104 valence electrons. The molecule has 0 radical (unpaired) electrons. The summed E-state index contributed by atoms with van der Waals surface area (Å²) in [4.78, 5) is 27.0. The van der Waals surface area contributed by atoms with Gasteiger partial charge in [0, 0.05) is 12.0 Å². The molecule has 0 aliphatic carbocycles. The normalized spacial score (nSPS) is 13.3. The van der Waals surface area contributed by atoms with Gasteiger partial charge in [-0.05, 0) is 18.2 Å². The third-order valence-corrected chi connectivity index (χ3v) is 2.97. The Kier molecular flexibility index (Phi) is 2.50. The van der Waals surface area contributed by atoms with E-state index in [0.29, 0.717) is 0 Å². The van der Waals surface area contributed by atoms with Crippen LogP contribution in [-0.2, 0) is 12.6 Å². The van der Waals surface area contributed by atoms with E-state index in [4.69, 9.17) is 4.74 Å². The predicted octanol–water partition coefficient (Wildman–Crippen LogP) is 1.78. The van der Waals surface area contributed by atoms with Gasteiger partial charge in [0.2, 0.25) is 5.88 Å². The summed E-state index contributed by atoms with van der Waals surface area (Å²) in [5, 5.41) is 0. The second-order valence-corrected chi connectivity index (χ2v) is 4.32. The van der Waals surface area contributed by atoms with Crippen LogP contribution in [0.2, 0.25) is 0 Å². The SMILES string of the molecule is O=c1[nH]c2c(c(=O)[nH]1)Cc1cc(C(F)(F)F)ccc1O2. The quantitative estimate of drug-likeness (QED) is 0.660. The lowest BCUT2D eigenvalue weighted by Crippen LogP contribution is -2.28. The van der Waals surface area contributed by atoms with Crippen molar-refractivity contribution in [2.45, 2.75) is 12.6 Å². The zero-order chi connectivity index (χ0) is 14.5. The molecule has 1 aliphatic rings. The molecule has 20 heavy (non-hydrogen) atoms. The summed E-state index contributed by atoms with van der Waals surface area (Å²) in [6.45, 7) is 0. The Morgan fingerprint density at radius 3 is 2.60 bits per heavy atom. The summed E-state index contributed by atoms with van der Waals surface area (Å²) in [7, 11) is 0. The second-order valence-electron chi connectivity index (χ2n) is 4.32. The largest absolute Gasteiger partial charge is 0.440 e. The summed E-state index contributed by atoms with van der Waals surface area (Å²) >= 11 is 0. The molecule has 3 rings (SSSR count). The molecule has 0 atom stereocenters. The number of fused-ring (bicyclic) bond motifs is 2. The van der Waals surface area contributed by atoms with Gasteiger partial charge in [0.05, 0.1) is 11.1 Å². The van der Waals surface area contributed by atoms with Crippen LogP contribution in [-0.4, -0.2) is 9.97 Å². The summed E-state index contributed by atoms with van der Waals surface area (Å²) in [6, 6.07) is 2.98. The smallest absolute Gasteiger partial charge is 0.416 e. The highest BCUT2D eigenvalue weighted by atomic mass is 19.4. The van der Waals surface area contributed by atoms with Crippen LogP contribution >= 0.6 is 0 Å². The van der Waals surface area contributed by atoms with E-state index in [1.165, 1.54) is 6.07 Å². The molecular formula is C12H7F3N2O3. The number of H-pyrrole nitrogens is 2. The van der Waals surface area contributed by atoms with Crippen molar-refractivity contribution in [3.05, 3.63) is 55.7 Å². The number of ether oxygens (including phenoxy) is 1. The van der Waals surface area contributed by atoms with Gasteiger partial charge in [0.15, 0.2) is 0 Å². The first-order chi connectivity index (χ1) is 9.34. The van der Waals surface area contributed by atoms with Gasteiger partial charge in [-0.15, -0.1) is 0 Å². The highest BCUT2D eigenvalue weighted by Gasteiger charge is 2.32. The zero-order valence-corrected chi connectivity index (χ0v) is 9.80. The van der Waals surface area contributed by atoms with Crippen LogP contribution in [0, 0.1) is 0 Å². The van der Waals surface area contributed by atoms with Gasteiger partial charge >= 0.3 is 11.9 Å². The Morgan fingerprint density at radius 1 is 1.15 bits per heavy atom. The van der Waals surface area contributed by atoms with Crippen molar-refractivity contribution in [2.75, 3.05) is 0 Å². The lowest BCUT2D eigenvalue weighted by atomic mass is 10.0. The molecule has 0 unspecified atom stereocenters. The van der Waals surface area contributed by atoms with Crippen molar-refractivity contribution in [3.63, 3.8) is 0 Å². The van der Waals surface area contributed by atoms with Crippen LogP contribution in [0.4, 0.5) is 13.2 Å². The third-order valence-electron chi connectivity index (χ3n) is 2.97. The highest BCUT2D eigenvalue weighted by Crippen LogP contribution is 2.37. The molecule has 2 heterocycles. The molecule has 0 amide bonds. The van der Waals surface area contributed by atoms with E-state index >= 15 is 0 Å². The predicted molar refractivity (Wildman–Crippen MR) is 62.0 cm³/mol. The minimum atomic E-state index is -4.47. The molecule has 5 nitrogen and oxygen atoms in total. The van der Waals surface area contributed by atoms with Gasteiger partial charge in [-0.25, -0.2) is 4.79 Å². The molecule has 2 N–H and O–H groups in total. The summed E-state index contributed by atoms with van der Waals surface area (Å²) in [5.74, 6) is 0.151. The van der Waals surface area contributed by atoms with Crippen LogP contribution in [0.5, 0.6) is 11.6 Å². The first-order valence-electron chi connectivity index (χ1n) is 5.58. The maximum absolute atomic E-state index is 12.6. The number of alkyl halides is 3. The summed E-state index contributed by atoms with van der Waals surface area (Å²) < 4.78 is 43.2. The fourth-order valence-electron chi connectivity index (χ4n) is 2.03. The van der Waals surface area contributed by atoms with Gasteiger partial charge in [-0.1, -0.05) is 0 Å². The average molecular weight is 284 g/mol. The number of halogens is 3. The number of hydrogen-bond acceptors (Lipinski definition) is 3. The number of aromatic amines is 2. The standard InChI is InChI=1S/C12H7F3N2O3/c13-12(14,15)6-1-2-8-5(3-6)4-7-9(18)16-11(19)17-10(7)20-8/h1-3H,4H2,(H2,16,17,18,19). The topological polar surface area (TPSA) is 75.0 Å². The number of rotatable bonds is 0. The van der Waals surface area contributed by atoms with Gasteiger partial charge < -0.3 is 4.74 Å². The molecule has 0 spiro atoms. The Balaban J connectivity index is 2.12. The molecular weight excluding hydrogens is 277 g/mol. The van der Waals surface area contributed by atoms with Crippen molar-refractivity contribution in [1.82, 2.24) is 9.97 Å². The van der Waals surface area contributed by atoms with Crippen molar-refractivity contribution in [2.24, 2.45) is 0 Å².